The Morgan fingerprint density at radius 2 is 1.93 bits per heavy atom. The highest BCUT2D eigenvalue weighted by atomic mass is 80.0. The van der Waals surface area contributed by atoms with Crippen molar-refractivity contribution in [2.24, 2.45) is 0 Å². The number of aromatic amines is 1. The van der Waals surface area contributed by atoms with Crippen molar-refractivity contribution in [2.75, 3.05) is 0 Å². The van der Waals surface area contributed by atoms with E-state index in [1.807, 2.05) is 24.5 Å². The summed E-state index contributed by atoms with van der Waals surface area (Å²) in [6.07, 6.45) is 3.74. The van der Waals surface area contributed by atoms with Crippen LogP contribution in [0.25, 0.3) is 0 Å². The molecule has 1 N–H and O–H groups in total. The fourth-order valence-electron chi connectivity index (χ4n) is 0.371. The summed E-state index contributed by atoms with van der Waals surface area (Å²) in [5.74, 6) is -1.26. The number of carbonyl (C=O) groups is 1. The second-order valence-corrected chi connectivity index (χ2v) is 9.68. The van der Waals surface area contributed by atoms with Gasteiger partial charge < -0.3 is 9.90 Å². The highest BCUT2D eigenvalue weighted by Gasteiger charge is 2.17. The molecule has 7 heteroatoms. The van der Waals surface area contributed by atoms with Crippen LogP contribution in [0.15, 0.2) is 29.0 Å². The van der Waals surface area contributed by atoms with E-state index in [-0.39, 0.29) is 0 Å². The molecule has 0 unspecified atom stereocenters. The summed E-state index contributed by atoms with van der Waals surface area (Å²) in [6, 6.07) is 3.90. The summed E-state index contributed by atoms with van der Waals surface area (Å²) in [4.78, 5) is 12.7. The lowest BCUT2D eigenvalue weighted by Gasteiger charge is -2.10. The zero-order valence-corrected chi connectivity index (χ0v) is 13.0. The maximum Gasteiger partial charge on any atom is 0.181 e. The van der Waals surface area contributed by atoms with Crippen LogP contribution in [0.5, 0.6) is 0 Å². The summed E-state index contributed by atoms with van der Waals surface area (Å²) in [5.41, 5.74) is 0. The third kappa shape index (κ3) is 7.90. The SMILES string of the molecule is Brc1ccc[nH+]c1.O=C([O-])C(Br)(Br)Br. The molecule has 0 aliphatic heterocycles. The number of carboxylic acid groups (broad SMARTS) is 1. The topological polar surface area (TPSA) is 54.3 Å². The van der Waals surface area contributed by atoms with Gasteiger partial charge in [0.05, 0.1) is 10.4 Å². The molecular weight excluding hydrogens is 450 g/mol. The van der Waals surface area contributed by atoms with Gasteiger partial charge in [0.2, 0.25) is 0 Å². The van der Waals surface area contributed by atoms with Gasteiger partial charge in [-0.15, -0.1) is 0 Å². The number of halogens is 4. The molecule has 1 rings (SSSR count). The van der Waals surface area contributed by atoms with Gasteiger partial charge in [0.15, 0.2) is 14.5 Å². The maximum atomic E-state index is 9.77. The highest BCUT2D eigenvalue weighted by molar-refractivity contribution is 9.40. The lowest BCUT2D eigenvalue weighted by molar-refractivity contribution is -0.378. The van der Waals surface area contributed by atoms with E-state index in [4.69, 9.17) is 0 Å². The van der Waals surface area contributed by atoms with Crippen LogP contribution >= 0.6 is 63.7 Å². The van der Waals surface area contributed by atoms with E-state index in [0.29, 0.717) is 0 Å². The van der Waals surface area contributed by atoms with Gasteiger partial charge in [-0.2, -0.15) is 0 Å². The van der Waals surface area contributed by atoms with Crippen molar-refractivity contribution in [3.05, 3.63) is 29.0 Å². The third-order valence-electron chi connectivity index (χ3n) is 0.901. The van der Waals surface area contributed by atoms with E-state index in [2.05, 4.69) is 68.7 Å². The molecule has 0 spiro atoms. The Morgan fingerprint density at radius 1 is 1.43 bits per heavy atom. The van der Waals surface area contributed by atoms with Gasteiger partial charge in [-0.3, -0.25) is 0 Å². The zero-order chi connectivity index (χ0) is 11.2. The molecule has 0 aliphatic rings. The summed E-state index contributed by atoms with van der Waals surface area (Å²) in [5, 5.41) is 9.77. The van der Waals surface area contributed by atoms with E-state index in [1.165, 1.54) is 0 Å². The van der Waals surface area contributed by atoms with Crippen LogP contribution < -0.4 is 10.1 Å². The molecule has 0 radical (unpaired) electrons. The van der Waals surface area contributed by atoms with Gasteiger partial charge in [-0.05, 0) is 22.0 Å². The average molecular weight is 455 g/mol. The number of hydrogen-bond donors (Lipinski definition) is 0. The fourth-order valence-corrected chi connectivity index (χ4v) is 0.656. The molecule has 1 aromatic rings. The third-order valence-corrected chi connectivity index (χ3v) is 2.37. The van der Waals surface area contributed by atoms with Gasteiger partial charge in [0.1, 0.15) is 0 Å². The zero-order valence-electron chi connectivity index (χ0n) is 6.64. The molecular formula is C7H5Br4NO2. The Morgan fingerprint density at radius 3 is 2.07 bits per heavy atom. The van der Waals surface area contributed by atoms with Crippen molar-refractivity contribution in [1.82, 2.24) is 0 Å². The van der Waals surface area contributed by atoms with Gasteiger partial charge in [-0.25, -0.2) is 4.98 Å². The average Bonchev–Trinajstić information content (AvgIpc) is 2.04. The first-order chi connectivity index (χ1) is 6.34. The van der Waals surface area contributed by atoms with Crippen molar-refractivity contribution < 1.29 is 14.9 Å². The first-order valence-corrected chi connectivity index (χ1v) is 6.41. The Hall–Kier alpha value is 0.540. The molecule has 0 aromatic carbocycles. The number of hydrogen-bond acceptors (Lipinski definition) is 2. The van der Waals surface area contributed by atoms with E-state index in [0.717, 1.165) is 4.47 Å². The number of aromatic nitrogens is 1. The number of carboxylic acids is 1. The first-order valence-electron chi connectivity index (χ1n) is 3.24. The molecule has 0 saturated heterocycles. The molecule has 0 fully saturated rings. The van der Waals surface area contributed by atoms with Gasteiger partial charge in [0, 0.05) is 6.07 Å². The van der Waals surface area contributed by atoms with Crippen LogP contribution in [-0.2, 0) is 4.79 Å². The molecule has 3 nitrogen and oxygen atoms in total. The van der Waals surface area contributed by atoms with Crippen LogP contribution in [0, 0.1) is 0 Å². The Labute approximate surface area is 115 Å². The van der Waals surface area contributed by atoms with Crippen molar-refractivity contribution in [1.29, 1.82) is 0 Å². The van der Waals surface area contributed by atoms with Crippen LogP contribution in [0.4, 0.5) is 0 Å². The first kappa shape index (κ1) is 14.5. The number of aliphatic carboxylic acids is 1. The number of rotatable bonds is 0. The van der Waals surface area contributed by atoms with E-state index in [9.17, 15) is 9.90 Å². The summed E-state index contributed by atoms with van der Waals surface area (Å²) < 4.78 is -0.178. The molecule has 0 aliphatic carbocycles. The Kier molecular flexibility index (Phi) is 7.19. The summed E-state index contributed by atoms with van der Waals surface area (Å²) in [6.45, 7) is 0. The van der Waals surface area contributed by atoms with E-state index >= 15 is 0 Å². The highest BCUT2D eigenvalue weighted by Crippen LogP contribution is 2.32. The largest absolute Gasteiger partial charge is 0.547 e. The fraction of sp³-hybridized carbons (Fsp3) is 0.143. The van der Waals surface area contributed by atoms with Crippen LogP contribution in [0.2, 0.25) is 0 Å². The molecule has 1 aromatic heterocycles. The van der Waals surface area contributed by atoms with E-state index in [1.54, 1.807) is 0 Å². The minimum absolute atomic E-state index is 1.08. The van der Waals surface area contributed by atoms with E-state index < -0.39 is 8.11 Å². The summed E-state index contributed by atoms with van der Waals surface area (Å²) >= 11 is 11.4. The standard InChI is InChI=1S/C5H4BrN.C2HBr3O2/c6-5-2-1-3-7-4-5;3-2(4,5)1(6)7/h1-4H;(H,6,7). The molecule has 78 valence electrons. The predicted molar refractivity (Wildman–Crippen MR) is 65.2 cm³/mol. The van der Waals surface area contributed by atoms with Crippen molar-refractivity contribution >= 4 is 69.7 Å². The van der Waals surface area contributed by atoms with Gasteiger partial charge in [-0.1, -0.05) is 47.8 Å². The lowest BCUT2D eigenvalue weighted by Crippen LogP contribution is -2.34. The smallest absolute Gasteiger partial charge is 0.181 e. The lowest BCUT2D eigenvalue weighted by atomic mass is 10.5. The second-order valence-electron chi connectivity index (χ2n) is 2.01. The molecule has 0 atom stereocenters. The van der Waals surface area contributed by atoms with Crippen molar-refractivity contribution in [2.45, 2.75) is 2.14 Å². The number of pyridine rings is 1. The number of nitrogens with one attached hydrogen (secondary N) is 1. The van der Waals surface area contributed by atoms with Crippen LogP contribution in [0.3, 0.4) is 0 Å². The quantitative estimate of drug-likeness (QED) is 0.562. The molecule has 14 heavy (non-hydrogen) atoms. The van der Waals surface area contributed by atoms with Gasteiger partial charge >= 0.3 is 0 Å². The predicted octanol–water partition coefficient (Wildman–Crippen LogP) is 1.84. The second kappa shape index (κ2) is 6.92. The maximum absolute atomic E-state index is 9.77. The minimum atomic E-state index is -1.26. The molecule has 1 heterocycles. The molecule has 0 bridgehead atoms. The Balaban J connectivity index is 0.000000241. The monoisotopic (exact) mass is 451 g/mol. The number of H-pyrrole nitrogens is 1. The van der Waals surface area contributed by atoms with Crippen LogP contribution in [0.1, 0.15) is 0 Å². The van der Waals surface area contributed by atoms with Crippen LogP contribution in [-0.4, -0.2) is 8.11 Å². The molecule has 0 saturated carbocycles. The minimum Gasteiger partial charge on any atom is -0.547 e. The van der Waals surface area contributed by atoms with Crippen molar-refractivity contribution in [3.8, 4) is 0 Å². The van der Waals surface area contributed by atoms with Crippen molar-refractivity contribution in [3.63, 3.8) is 0 Å². The molecule has 0 amide bonds. The number of carbonyl (C=O) groups excluding carboxylic acids is 1. The number of alkyl halides is 3. The normalized spacial score (nSPS) is 10.0. The Bertz CT molecular complexity index is 285. The van der Waals surface area contributed by atoms with Gasteiger partial charge in [0.25, 0.3) is 0 Å². The summed E-state index contributed by atoms with van der Waals surface area (Å²) in [7, 11) is 0.